The molecule has 1 aliphatic carbocycles. The molecule has 8 nitrogen and oxygen atoms in total. The van der Waals surface area contributed by atoms with Gasteiger partial charge < -0.3 is 10.2 Å². The van der Waals surface area contributed by atoms with Crippen LogP contribution in [-0.2, 0) is 26.2 Å². The molecule has 0 unspecified atom stereocenters. The van der Waals surface area contributed by atoms with Gasteiger partial charge in [-0.15, -0.1) is 0 Å². The summed E-state index contributed by atoms with van der Waals surface area (Å²) in [6, 6.07) is 12.3. The topological polar surface area (TPSA) is 104 Å². The smallest absolute Gasteiger partial charge is 0.269 e. The Bertz CT molecular complexity index is 1240. The molecule has 0 bridgehead atoms. The Kier molecular flexibility index (Phi) is 7.47. The molecule has 10 heteroatoms. The first-order valence-electron chi connectivity index (χ1n) is 11.7. The molecule has 0 saturated heterocycles. The highest BCUT2D eigenvalue weighted by Crippen LogP contribution is 2.30. The third-order valence-electron chi connectivity index (χ3n) is 6.61. The summed E-state index contributed by atoms with van der Waals surface area (Å²) in [4.78, 5) is 40.4. The van der Waals surface area contributed by atoms with Crippen molar-refractivity contribution in [2.45, 2.75) is 62.6 Å². The second-order valence-electron chi connectivity index (χ2n) is 8.91. The molecule has 186 valence electrons. The molecule has 0 radical (unpaired) electrons. The first-order chi connectivity index (χ1) is 16.7. The van der Waals surface area contributed by atoms with E-state index in [9.17, 15) is 22.8 Å². The van der Waals surface area contributed by atoms with Gasteiger partial charge in [-0.2, -0.15) is 0 Å². The molecule has 1 heterocycles. The van der Waals surface area contributed by atoms with Crippen molar-refractivity contribution in [3.05, 3.63) is 64.7 Å². The monoisotopic (exact) mass is 517 g/mol. The van der Waals surface area contributed by atoms with E-state index in [1.54, 1.807) is 43.3 Å². The Hall–Kier alpha value is -2.91. The largest absolute Gasteiger partial charge is 0.352 e. The maximum absolute atomic E-state index is 13.4. The highest BCUT2D eigenvalue weighted by molar-refractivity contribution is 7.90. The fraction of sp³-hybridized carbons (Fsp3) is 0.400. The molecular formula is C25H28ClN3O5S. The molecule has 1 atom stereocenters. The Morgan fingerprint density at radius 3 is 2.46 bits per heavy atom. The number of sulfonamides is 1. The van der Waals surface area contributed by atoms with Gasteiger partial charge in [-0.1, -0.05) is 54.8 Å². The summed E-state index contributed by atoms with van der Waals surface area (Å²) in [7, 11) is -4.02. The molecule has 3 amide bonds. The maximum Gasteiger partial charge on any atom is 0.269 e. The normalized spacial score (nSPS) is 17.8. The standard InChI is InChI=1S/C25H28ClN3O5S/c1-17(24(31)27-19-9-3-4-10-19)28(16-18-8-2-6-12-21(18)26)23(30)14-15-29-25(32)20-11-5-7-13-22(20)35(29,33)34/h2,5-8,11-13,17,19H,3-4,9-10,14-16H2,1H3,(H,27,31)/t17-/m0/s1. The molecule has 2 aromatic carbocycles. The third-order valence-corrected chi connectivity index (χ3v) is 8.82. The lowest BCUT2D eigenvalue weighted by atomic mass is 10.1. The average Bonchev–Trinajstić information content (AvgIpc) is 3.41. The molecule has 1 N–H and O–H groups in total. The molecule has 4 rings (SSSR count). The molecule has 2 aromatic rings. The van der Waals surface area contributed by atoms with E-state index >= 15 is 0 Å². The molecular weight excluding hydrogens is 490 g/mol. The van der Waals surface area contributed by atoms with Gasteiger partial charge in [-0.3, -0.25) is 14.4 Å². The van der Waals surface area contributed by atoms with E-state index in [-0.39, 0.29) is 41.9 Å². The minimum atomic E-state index is -4.02. The minimum Gasteiger partial charge on any atom is -0.352 e. The molecule has 0 aromatic heterocycles. The number of halogens is 1. The van der Waals surface area contributed by atoms with Crippen molar-refractivity contribution in [2.75, 3.05) is 6.54 Å². The number of amides is 3. The first-order valence-corrected chi connectivity index (χ1v) is 13.5. The lowest BCUT2D eigenvalue weighted by molar-refractivity contribution is -0.140. The summed E-state index contributed by atoms with van der Waals surface area (Å²) < 4.78 is 26.4. The van der Waals surface area contributed by atoms with Crippen LogP contribution < -0.4 is 5.32 Å². The summed E-state index contributed by atoms with van der Waals surface area (Å²) in [5.41, 5.74) is 0.762. The van der Waals surface area contributed by atoms with E-state index in [1.165, 1.54) is 17.0 Å². The summed E-state index contributed by atoms with van der Waals surface area (Å²) in [6.45, 7) is 1.41. The summed E-state index contributed by atoms with van der Waals surface area (Å²) in [5.74, 6) is -1.37. The van der Waals surface area contributed by atoms with Gasteiger partial charge in [0.1, 0.15) is 10.9 Å². The zero-order valence-corrected chi connectivity index (χ0v) is 21.0. The second-order valence-corrected chi connectivity index (χ2v) is 11.1. The highest BCUT2D eigenvalue weighted by atomic mass is 35.5. The van der Waals surface area contributed by atoms with E-state index in [0.717, 1.165) is 30.0 Å². The van der Waals surface area contributed by atoms with E-state index < -0.39 is 27.9 Å². The summed E-state index contributed by atoms with van der Waals surface area (Å²) in [5, 5.41) is 3.48. The van der Waals surface area contributed by atoms with Gasteiger partial charge in [0.25, 0.3) is 15.9 Å². The maximum atomic E-state index is 13.4. The Balaban J connectivity index is 1.51. The van der Waals surface area contributed by atoms with Crippen LogP contribution in [0.2, 0.25) is 5.02 Å². The SMILES string of the molecule is C[C@@H](C(=O)NC1CCCC1)N(Cc1ccccc1Cl)C(=O)CCN1C(=O)c2ccccc2S1(=O)=O. The van der Waals surface area contributed by atoms with Crippen LogP contribution in [0.25, 0.3) is 0 Å². The molecule has 1 saturated carbocycles. The number of nitrogens with zero attached hydrogens (tertiary/aromatic N) is 2. The minimum absolute atomic E-state index is 0.0605. The van der Waals surface area contributed by atoms with Crippen LogP contribution in [-0.4, -0.2) is 54.0 Å². The van der Waals surface area contributed by atoms with Crippen LogP contribution in [0.3, 0.4) is 0 Å². The summed E-state index contributed by atoms with van der Waals surface area (Å²) in [6.07, 6.45) is 3.67. The van der Waals surface area contributed by atoms with E-state index in [2.05, 4.69) is 5.32 Å². The van der Waals surface area contributed by atoms with E-state index in [4.69, 9.17) is 11.6 Å². The number of rotatable bonds is 8. The molecule has 1 aliphatic heterocycles. The summed E-state index contributed by atoms with van der Waals surface area (Å²) >= 11 is 6.31. The number of carbonyl (C=O) groups is 3. The number of fused-ring (bicyclic) bond motifs is 1. The van der Waals surface area contributed by atoms with E-state index in [0.29, 0.717) is 10.6 Å². The van der Waals surface area contributed by atoms with Crippen molar-refractivity contribution in [1.29, 1.82) is 0 Å². The van der Waals surface area contributed by atoms with Gasteiger partial charge in [0.05, 0.1) is 5.56 Å². The van der Waals surface area contributed by atoms with Crippen molar-refractivity contribution in [2.24, 2.45) is 0 Å². The fourth-order valence-corrected chi connectivity index (χ4v) is 6.34. The van der Waals surface area contributed by atoms with Gasteiger partial charge in [0.2, 0.25) is 11.8 Å². The Morgan fingerprint density at radius 1 is 1.11 bits per heavy atom. The quantitative estimate of drug-likeness (QED) is 0.578. The van der Waals surface area contributed by atoms with Crippen LogP contribution in [0.1, 0.15) is 54.9 Å². The van der Waals surface area contributed by atoms with Crippen LogP contribution in [0.15, 0.2) is 53.4 Å². The number of hydrogen-bond acceptors (Lipinski definition) is 5. The van der Waals surface area contributed by atoms with Gasteiger partial charge >= 0.3 is 0 Å². The van der Waals surface area contributed by atoms with Gasteiger partial charge in [0.15, 0.2) is 0 Å². The lowest BCUT2D eigenvalue weighted by Gasteiger charge is -2.30. The zero-order chi connectivity index (χ0) is 25.2. The van der Waals surface area contributed by atoms with Crippen LogP contribution >= 0.6 is 11.6 Å². The van der Waals surface area contributed by atoms with Crippen LogP contribution in [0, 0.1) is 0 Å². The predicted molar refractivity (Wildman–Crippen MR) is 131 cm³/mol. The highest BCUT2D eigenvalue weighted by Gasteiger charge is 2.41. The lowest BCUT2D eigenvalue weighted by Crippen LogP contribution is -2.50. The van der Waals surface area contributed by atoms with Crippen molar-refractivity contribution in [3.8, 4) is 0 Å². The zero-order valence-electron chi connectivity index (χ0n) is 19.4. The number of carbonyl (C=O) groups excluding carboxylic acids is 3. The Labute approximate surface area is 210 Å². The van der Waals surface area contributed by atoms with Gasteiger partial charge in [0, 0.05) is 30.6 Å². The number of benzene rings is 2. The predicted octanol–water partition coefficient (Wildman–Crippen LogP) is 3.35. The van der Waals surface area contributed by atoms with Crippen molar-refractivity contribution < 1.29 is 22.8 Å². The molecule has 35 heavy (non-hydrogen) atoms. The van der Waals surface area contributed by atoms with E-state index in [1.807, 2.05) is 0 Å². The van der Waals surface area contributed by atoms with Gasteiger partial charge in [-0.25, -0.2) is 12.7 Å². The molecule has 2 aliphatic rings. The average molecular weight is 518 g/mol. The van der Waals surface area contributed by atoms with Crippen LogP contribution in [0.5, 0.6) is 0 Å². The first kappa shape index (κ1) is 25.2. The Morgan fingerprint density at radius 2 is 1.77 bits per heavy atom. The third kappa shape index (κ3) is 5.21. The number of hydrogen-bond donors (Lipinski definition) is 1. The molecule has 1 fully saturated rings. The fourth-order valence-electron chi connectivity index (χ4n) is 4.58. The van der Waals surface area contributed by atoms with Crippen LogP contribution in [0.4, 0.5) is 0 Å². The second kappa shape index (κ2) is 10.4. The van der Waals surface area contributed by atoms with Gasteiger partial charge in [-0.05, 0) is 43.5 Å². The van der Waals surface area contributed by atoms with Crippen molar-refractivity contribution in [1.82, 2.24) is 14.5 Å². The van der Waals surface area contributed by atoms with Crippen molar-refractivity contribution in [3.63, 3.8) is 0 Å². The molecule has 0 spiro atoms. The van der Waals surface area contributed by atoms with Crippen molar-refractivity contribution >= 4 is 39.3 Å². The number of nitrogens with one attached hydrogen (secondary N) is 1.